The molecule has 0 radical (unpaired) electrons. The Balaban J connectivity index is 2.24. The first kappa shape index (κ1) is 14.0. The number of nitrogens with one attached hydrogen (secondary N) is 2. The van der Waals surface area contributed by atoms with Crippen molar-refractivity contribution in [3.63, 3.8) is 0 Å². The van der Waals surface area contributed by atoms with E-state index in [-0.39, 0.29) is 5.91 Å². The maximum atomic E-state index is 12.3. The Morgan fingerprint density at radius 2 is 2.05 bits per heavy atom. The number of hydrazine groups is 1. The second kappa shape index (κ2) is 6.68. The zero-order valence-electron chi connectivity index (χ0n) is 11.4. The number of para-hydroxylation sites is 1. The Bertz CT molecular complexity index is 598. The number of aromatic nitrogens is 1. The van der Waals surface area contributed by atoms with Gasteiger partial charge in [-0.3, -0.25) is 4.79 Å². The summed E-state index contributed by atoms with van der Waals surface area (Å²) in [5, 5.41) is 2.91. The van der Waals surface area contributed by atoms with Crippen molar-refractivity contribution >= 4 is 17.4 Å². The lowest BCUT2D eigenvalue weighted by Crippen LogP contribution is -2.18. The van der Waals surface area contributed by atoms with E-state index in [1.165, 1.54) is 0 Å². The van der Waals surface area contributed by atoms with Crippen molar-refractivity contribution in [3.05, 3.63) is 53.7 Å². The lowest BCUT2D eigenvalue weighted by atomic mass is 10.1. The largest absolute Gasteiger partial charge is 0.322 e. The molecule has 4 N–H and O–H groups in total. The number of benzene rings is 1. The first-order chi connectivity index (χ1) is 9.76. The number of anilines is 2. The number of nitrogen functional groups attached to an aromatic ring is 1. The van der Waals surface area contributed by atoms with Crippen LogP contribution in [0.15, 0.2) is 42.6 Å². The first-order valence-corrected chi connectivity index (χ1v) is 6.57. The number of nitrogens with zero attached hydrogens (tertiary/aromatic N) is 1. The van der Waals surface area contributed by atoms with E-state index in [0.717, 1.165) is 24.1 Å². The van der Waals surface area contributed by atoms with Gasteiger partial charge in [0.2, 0.25) is 0 Å². The van der Waals surface area contributed by atoms with Crippen molar-refractivity contribution in [2.45, 2.75) is 19.8 Å². The fourth-order valence-corrected chi connectivity index (χ4v) is 2.02. The van der Waals surface area contributed by atoms with Crippen LogP contribution in [0, 0.1) is 0 Å². The van der Waals surface area contributed by atoms with Gasteiger partial charge in [-0.2, -0.15) is 0 Å². The Morgan fingerprint density at radius 1 is 1.25 bits per heavy atom. The summed E-state index contributed by atoms with van der Waals surface area (Å²) in [6, 6.07) is 11.2. The van der Waals surface area contributed by atoms with Crippen LogP contribution in [0.4, 0.5) is 11.5 Å². The van der Waals surface area contributed by atoms with Gasteiger partial charge in [-0.1, -0.05) is 31.5 Å². The lowest BCUT2D eigenvalue weighted by Gasteiger charge is -2.12. The van der Waals surface area contributed by atoms with Crippen LogP contribution < -0.4 is 16.6 Å². The van der Waals surface area contributed by atoms with Crippen LogP contribution in [-0.4, -0.2) is 10.9 Å². The molecule has 0 aliphatic carbocycles. The molecule has 20 heavy (non-hydrogen) atoms. The SMILES string of the molecule is CCCc1ccccc1NC(=O)c1cccnc1NN. The molecule has 2 aromatic rings. The minimum absolute atomic E-state index is 0.227. The fraction of sp³-hybridized carbons (Fsp3) is 0.200. The van der Waals surface area contributed by atoms with Gasteiger partial charge in [0.15, 0.2) is 5.82 Å². The Morgan fingerprint density at radius 3 is 2.80 bits per heavy atom. The predicted molar refractivity (Wildman–Crippen MR) is 80.4 cm³/mol. The van der Waals surface area contributed by atoms with Crippen LogP contribution in [0.5, 0.6) is 0 Å². The zero-order chi connectivity index (χ0) is 14.4. The van der Waals surface area contributed by atoms with Crippen LogP contribution in [0.25, 0.3) is 0 Å². The third kappa shape index (κ3) is 3.13. The summed E-state index contributed by atoms with van der Waals surface area (Å²) in [5.41, 5.74) is 4.79. The summed E-state index contributed by atoms with van der Waals surface area (Å²) < 4.78 is 0. The highest BCUT2D eigenvalue weighted by atomic mass is 16.1. The second-order valence-corrected chi connectivity index (χ2v) is 4.41. The van der Waals surface area contributed by atoms with Gasteiger partial charge in [0.05, 0.1) is 5.56 Å². The molecule has 5 heteroatoms. The van der Waals surface area contributed by atoms with E-state index in [4.69, 9.17) is 5.84 Å². The molecule has 0 bridgehead atoms. The molecule has 104 valence electrons. The molecule has 0 saturated heterocycles. The van der Waals surface area contributed by atoms with Crippen molar-refractivity contribution < 1.29 is 4.79 Å². The van der Waals surface area contributed by atoms with Gasteiger partial charge in [0, 0.05) is 11.9 Å². The number of carbonyl (C=O) groups is 1. The molecule has 0 fully saturated rings. The van der Waals surface area contributed by atoms with E-state index >= 15 is 0 Å². The summed E-state index contributed by atoms with van der Waals surface area (Å²) in [6.45, 7) is 2.11. The van der Waals surface area contributed by atoms with Gasteiger partial charge in [0.25, 0.3) is 5.91 Å². The zero-order valence-corrected chi connectivity index (χ0v) is 11.4. The normalized spacial score (nSPS) is 10.1. The highest BCUT2D eigenvalue weighted by Crippen LogP contribution is 2.19. The van der Waals surface area contributed by atoms with Gasteiger partial charge in [-0.15, -0.1) is 0 Å². The number of nitrogens with two attached hydrogens (primary N) is 1. The molecular weight excluding hydrogens is 252 g/mol. The fourth-order valence-electron chi connectivity index (χ4n) is 2.02. The van der Waals surface area contributed by atoms with Crippen molar-refractivity contribution in [1.29, 1.82) is 0 Å². The van der Waals surface area contributed by atoms with E-state index in [1.54, 1.807) is 18.3 Å². The molecule has 1 aromatic heterocycles. The second-order valence-electron chi connectivity index (χ2n) is 4.41. The number of rotatable bonds is 5. The minimum Gasteiger partial charge on any atom is -0.322 e. The Labute approximate surface area is 118 Å². The third-order valence-corrected chi connectivity index (χ3v) is 2.97. The quantitative estimate of drug-likeness (QED) is 0.576. The van der Waals surface area contributed by atoms with Gasteiger partial charge in [-0.25, -0.2) is 10.8 Å². The van der Waals surface area contributed by atoms with E-state index < -0.39 is 0 Å². The molecular formula is C15H18N4O. The number of hydrogen-bond donors (Lipinski definition) is 3. The van der Waals surface area contributed by atoms with Gasteiger partial charge in [0.1, 0.15) is 0 Å². The summed E-state index contributed by atoms with van der Waals surface area (Å²) in [7, 11) is 0. The summed E-state index contributed by atoms with van der Waals surface area (Å²) >= 11 is 0. The summed E-state index contributed by atoms with van der Waals surface area (Å²) in [4.78, 5) is 16.3. The number of pyridine rings is 1. The molecule has 2 rings (SSSR count). The summed E-state index contributed by atoms with van der Waals surface area (Å²) in [6.07, 6.45) is 3.53. The molecule has 0 unspecified atom stereocenters. The lowest BCUT2D eigenvalue weighted by molar-refractivity contribution is 0.102. The van der Waals surface area contributed by atoms with E-state index in [1.807, 2.05) is 24.3 Å². The highest BCUT2D eigenvalue weighted by molar-refractivity contribution is 6.07. The number of carbonyl (C=O) groups excluding carboxylic acids is 1. The van der Waals surface area contributed by atoms with Crippen molar-refractivity contribution in [2.24, 2.45) is 5.84 Å². The number of amides is 1. The number of hydrogen-bond acceptors (Lipinski definition) is 4. The van der Waals surface area contributed by atoms with Crippen molar-refractivity contribution in [2.75, 3.05) is 10.7 Å². The maximum Gasteiger partial charge on any atom is 0.259 e. The Kier molecular flexibility index (Phi) is 4.68. The molecule has 1 amide bonds. The molecule has 0 aliphatic rings. The molecule has 1 heterocycles. The van der Waals surface area contributed by atoms with Crippen LogP contribution in [-0.2, 0) is 6.42 Å². The number of aryl methyl sites for hydroxylation is 1. The van der Waals surface area contributed by atoms with E-state index in [2.05, 4.69) is 22.7 Å². The van der Waals surface area contributed by atoms with E-state index in [0.29, 0.717) is 11.4 Å². The predicted octanol–water partition coefficient (Wildman–Crippen LogP) is 2.57. The molecule has 0 spiro atoms. The maximum absolute atomic E-state index is 12.3. The topological polar surface area (TPSA) is 80.0 Å². The third-order valence-electron chi connectivity index (χ3n) is 2.97. The molecule has 0 aliphatic heterocycles. The monoisotopic (exact) mass is 270 g/mol. The van der Waals surface area contributed by atoms with Crippen molar-refractivity contribution in [1.82, 2.24) is 4.98 Å². The van der Waals surface area contributed by atoms with Gasteiger partial charge in [-0.05, 0) is 30.2 Å². The summed E-state index contributed by atoms with van der Waals surface area (Å²) in [5.74, 6) is 5.50. The Hall–Kier alpha value is -2.40. The van der Waals surface area contributed by atoms with Gasteiger partial charge < -0.3 is 10.7 Å². The first-order valence-electron chi connectivity index (χ1n) is 6.57. The molecule has 0 atom stereocenters. The molecule has 0 saturated carbocycles. The minimum atomic E-state index is -0.227. The molecule has 5 nitrogen and oxygen atoms in total. The average Bonchev–Trinajstić information content (AvgIpc) is 2.49. The van der Waals surface area contributed by atoms with Crippen LogP contribution in [0.3, 0.4) is 0 Å². The average molecular weight is 270 g/mol. The van der Waals surface area contributed by atoms with E-state index in [9.17, 15) is 4.79 Å². The van der Waals surface area contributed by atoms with Crippen LogP contribution >= 0.6 is 0 Å². The van der Waals surface area contributed by atoms with Crippen LogP contribution in [0.1, 0.15) is 29.3 Å². The van der Waals surface area contributed by atoms with Crippen LogP contribution in [0.2, 0.25) is 0 Å². The smallest absolute Gasteiger partial charge is 0.259 e. The van der Waals surface area contributed by atoms with Crippen molar-refractivity contribution in [3.8, 4) is 0 Å². The highest BCUT2D eigenvalue weighted by Gasteiger charge is 2.13. The van der Waals surface area contributed by atoms with Gasteiger partial charge >= 0.3 is 0 Å². The standard InChI is InChI=1S/C15H18N4O/c1-2-6-11-7-3-4-9-13(11)18-15(20)12-8-5-10-17-14(12)19-16/h3-5,7-10H,2,6,16H2,1H3,(H,17,19)(H,18,20). The molecule has 1 aromatic carbocycles.